The number of pyridine rings is 1. The van der Waals surface area contributed by atoms with Crippen LogP contribution in [-0.4, -0.2) is 59.0 Å². The summed E-state index contributed by atoms with van der Waals surface area (Å²) in [4.78, 5) is 4.51. The van der Waals surface area contributed by atoms with E-state index in [1.807, 2.05) is 23.0 Å². The molecule has 8 heteroatoms. The van der Waals surface area contributed by atoms with Gasteiger partial charge in [-0.05, 0) is 48.9 Å². The molecule has 0 spiro atoms. The van der Waals surface area contributed by atoms with Crippen molar-refractivity contribution < 1.29 is 8.42 Å². The second kappa shape index (κ2) is 7.85. The molecule has 26 heavy (non-hydrogen) atoms. The number of hydrogen-bond acceptors (Lipinski definition) is 4. The number of rotatable bonds is 6. The van der Waals surface area contributed by atoms with Crippen LogP contribution in [0.1, 0.15) is 37.7 Å². The Morgan fingerprint density at radius 1 is 1.27 bits per heavy atom. The topological polar surface area (TPSA) is 71.3 Å². The molecule has 1 unspecified atom stereocenters. The van der Waals surface area contributed by atoms with Gasteiger partial charge in [0.15, 0.2) is 0 Å². The molecule has 1 atom stereocenters. The monoisotopic (exact) mass is 377 g/mol. The maximum atomic E-state index is 12.5. The van der Waals surface area contributed by atoms with E-state index >= 15 is 0 Å². The van der Waals surface area contributed by atoms with Crippen LogP contribution in [0.2, 0.25) is 0 Å². The second-order valence-corrected chi connectivity index (χ2v) is 9.04. The summed E-state index contributed by atoms with van der Waals surface area (Å²) in [6.07, 6.45) is 6.47. The van der Waals surface area contributed by atoms with Gasteiger partial charge in [0, 0.05) is 46.1 Å². The lowest BCUT2D eigenvalue weighted by Gasteiger charge is -2.33. The fourth-order valence-corrected chi connectivity index (χ4v) is 4.63. The molecule has 1 aliphatic heterocycles. The molecule has 0 bridgehead atoms. The maximum absolute atomic E-state index is 12.5. The van der Waals surface area contributed by atoms with Crippen LogP contribution in [0.15, 0.2) is 30.6 Å². The third kappa shape index (κ3) is 3.82. The first-order valence-electron chi connectivity index (χ1n) is 9.09. The minimum absolute atomic E-state index is 0.183. The lowest BCUT2D eigenvalue weighted by molar-refractivity contribution is 0.298. The third-order valence-electron chi connectivity index (χ3n) is 4.84. The van der Waals surface area contributed by atoms with Crippen molar-refractivity contribution in [3.05, 3.63) is 36.2 Å². The normalized spacial score (nSPS) is 19.2. The van der Waals surface area contributed by atoms with Gasteiger partial charge in [-0.2, -0.15) is 22.1 Å². The van der Waals surface area contributed by atoms with Crippen LogP contribution in [0, 0.1) is 0 Å². The first-order valence-corrected chi connectivity index (χ1v) is 10.5. The van der Waals surface area contributed by atoms with Crippen molar-refractivity contribution in [3.8, 4) is 11.4 Å². The average Bonchev–Trinajstić information content (AvgIpc) is 3.10. The fraction of sp³-hybridized carbons (Fsp3) is 0.556. The van der Waals surface area contributed by atoms with E-state index in [1.165, 1.54) is 4.31 Å². The summed E-state index contributed by atoms with van der Waals surface area (Å²) in [6, 6.07) is 6.06. The van der Waals surface area contributed by atoms with Gasteiger partial charge < -0.3 is 0 Å². The molecule has 0 radical (unpaired) electrons. The van der Waals surface area contributed by atoms with E-state index in [2.05, 4.69) is 23.1 Å². The Morgan fingerprint density at radius 2 is 2.08 bits per heavy atom. The van der Waals surface area contributed by atoms with Gasteiger partial charge in [0.1, 0.15) is 0 Å². The number of hydrogen-bond donors (Lipinski definition) is 0. The molecule has 7 nitrogen and oxygen atoms in total. The van der Waals surface area contributed by atoms with Crippen molar-refractivity contribution in [2.75, 3.05) is 27.2 Å². The van der Waals surface area contributed by atoms with E-state index in [0.29, 0.717) is 13.1 Å². The molecule has 142 valence electrons. The number of aromatic nitrogens is 3. The zero-order valence-electron chi connectivity index (χ0n) is 15.7. The van der Waals surface area contributed by atoms with E-state index in [0.717, 1.165) is 42.8 Å². The van der Waals surface area contributed by atoms with Gasteiger partial charge in [0.05, 0.1) is 11.4 Å². The molecular weight excluding hydrogens is 350 g/mol. The molecule has 2 aromatic heterocycles. The Labute approximate surface area is 155 Å². The molecule has 1 aliphatic rings. The van der Waals surface area contributed by atoms with Crippen molar-refractivity contribution in [2.24, 2.45) is 0 Å². The molecule has 3 rings (SSSR count). The van der Waals surface area contributed by atoms with Crippen LogP contribution in [0.3, 0.4) is 0 Å². The molecule has 3 heterocycles. The Hall–Kier alpha value is -1.77. The summed E-state index contributed by atoms with van der Waals surface area (Å²) in [5.74, 6) is 0.183. The molecule has 2 aromatic rings. The van der Waals surface area contributed by atoms with Crippen LogP contribution in [0.25, 0.3) is 11.4 Å². The lowest BCUT2D eigenvalue weighted by atomic mass is 9.91. The highest BCUT2D eigenvalue weighted by molar-refractivity contribution is 7.86. The molecule has 1 fully saturated rings. The molecule has 1 saturated heterocycles. The van der Waals surface area contributed by atoms with Crippen molar-refractivity contribution in [1.82, 2.24) is 23.4 Å². The average molecular weight is 378 g/mol. The molecule has 0 aromatic carbocycles. The SMILES string of the molecule is CCCn1nccc1-c1cc(C2CCCN(S(=O)(=O)N(C)C)C2)ccn1. The Balaban J connectivity index is 1.85. The summed E-state index contributed by atoms with van der Waals surface area (Å²) < 4.78 is 29.8. The minimum atomic E-state index is -3.37. The van der Waals surface area contributed by atoms with Crippen molar-refractivity contribution in [3.63, 3.8) is 0 Å². The number of piperidine rings is 1. The van der Waals surface area contributed by atoms with Crippen LogP contribution in [0.4, 0.5) is 0 Å². The Bertz CT molecular complexity index is 847. The van der Waals surface area contributed by atoms with Gasteiger partial charge in [0.25, 0.3) is 10.2 Å². The van der Waals surface area contributed by atoms with Crippen molar-refractivity contribution >= 4 is 10.2 Å². The van der Waals surface area contributed by atoms with E-state index in [9.17, 15) is 8.42 Å². The van der Waals surface area contributed by atoms with E-state index in [1.54, 1.807) is 24.6 Å². The van der Waals surface area contributed by atoms with Gasteiger partial charge in [-0.15, -0.1) is 0 Å². The summed E-state index contributed by atoms with van der Waals surface area (Å²) in [5, 5.41) is 4.37. The predicted octanol–water partition coefficient (Wildman–Crippen LogP) is 2.34. The standard InChI is InChI=1S/C18H27N5O2S/c1-4-11-23-18(8-10-20-23)17-13-15(7-9-19-17)16-6-5-12-22(14-16)26(24,25)21(2)3/h7-10,13,16H,4-6,11-12,14H2,1-3H3. The third-order valence-corrected chi connectivity index (χ3v) is 6.75. The number of nitrogens with zero attached hydrogens (tertiary/aromatic N) is 5. The molecule has 0 saturated carbocycles. The van der Waals surface area contributed by atoms with Gasteiger partial charge >= 0.3 is 0 Å². The predicted molar refractivity (Wildman–Crippen MR) is 102 cm³/mol. The van der Waals surface area contributed by atoms with E-state index in [-0.39, 0.29) is 5.92 Å². The summed E-state index contributed by atoms with van der Waals surface area (Å²) >= 11 is 0. The van der Waals surface area contributed by atoms with Crippen LogP contribution < -0.4 is 0 Å². The molecule has 0 amide bonds. The quantitative estimate of drug-likeness (QED) is 0.775. The van der Waals surface area contributed by atoms with Crippen LogP contribution >= 0.6 is 0 Å². The molecule has 0 aliphatic carbocycles. The van der Waals surface area contributed by atoms with E-state index in [4.69, 9.17) is 0 Å². The number of aryl methyl sites for hydroxylation is 1. The second-order valence-electron chi connectivity index (χ2n) is 6.90. The lowest BCUT2D eigenvalue weighted by Crippen LogP contribution is -2.44. The largest absolute Gasteiger partial charge is 0.281 e. The van der Waals surface area contributed by atoms with Gasteiger partial charge in [-0.25, -0.2) is 0 Å². The summed E-state index contributed by atoms with van der Waals surface area (Å²) in [6.45, 7) is 4.07. The zero-order chi connectivity index (χ0) is 18.7. The zero-order valence-corrected chi connectivity index (χ0v) is 16.5. The van der Waals surface area contributed by atoms with Crippen molar-refractivity contribution in [2.45, 2.75) is 38.6 Å². The summed E-state index contributed by atoms with van der Waals surface area (Å²) in [5.41, 5.74) is 3.03. The van der Waals surface area contributed by atoms with Crippen LogP contribution in [-0.2, 0) is 16.8 Å². The fourth-order valence-electron chi connectivity index (χ4n) is 3.44. The highest BCUT2D eigenvalue weighted by Crippen LogP contribution is 2.30. The minimum Gasteiger partial charge on any atom is -0.263 e. The van der Waals surface area contributed by atoms with Gasteiger partial charge in [-0.1, -0.05) is 6.92 Å². The Morgan fingerprint density at radius 3 is 2.81 bits per heavy atom. The van der Waals surface area contributed by atoms with E-state index < -0.39 is 10.2 Å². The highest BCUT2D eigenvalue weighted by atomic mass is 32.2. The highest BCUT2D eigenvalue weighted by Gasteiger charge is 2.31. The van der Waals surface area contributed by atoms with Gasteiger partial charge in [0.2, 0.25) is 0 Å². The first kappa shape index (κ1) is 19.0. The Kier molecular flexibility index (Phi) is 5.74. The summed E-state index contributed by atoms with van der Waals surface area (Å²) in [7, 11) is -0.208. The molecule has 0 N–H and O–H groups in total. The smallest absolute Gasteiger partial charge is 0.263 e. The first-order chi connectivity index (χ1) is 12.4. The van der Waals surface area contributed by atoms with Crippen molar-refractivity contribution in [1.29, 1.82) is 0 Å². The maximum Gasteiger partial charge on any atom is 0.281 e. The molecular formula is C18H27N5O2S. The van der Waals surface area contributed by atoms with Crippen LogP contribution in [0.5, 0.6) is 0 Å². The van der Waals surface area contributed by atoms with Gasteiger partial charge in [-0.3, -0.25) is 9.67 Å².